The highest BCUT2D eigenvalue weighted by Crippen LogP contribution is 2.41. The zero-order chi connectivity index (χ0) is 25.1. The van der Waals surface area contributed by atoms with Crippen molar-refractivity contribution in [2.75, 3.05) is 11.9 Å². The minimum absolute atomic E-state index is 0.165. The minimum Gasteiger partial charge on any atom is -0.371 e. The van der Waals surface area contributed by atoms with Crippen molar-refractivity contribution in [3.63, 3.8) is 0 Å². The Morgan fingerprint density at radius 3 is 2.31 bits per heavy atom. The maximum Gasteiger partial charge on any atom is 0.242 e. The second-order valence-corrected chi connectivity index (χ2v) is 8.75. The van der Waals surface area contributed by atoms with Gasteiger partial charge in [-0.15, -0.1) is 0 Å². The molecule has 0 spiro atoms. The highest BCUT2D eigenvalue weighted by atomic mass is 19.1. The Labute approximate surface area is 202 Å². The van der Waals surface area contributed by atoms with Gasteiger partial charge in [-0.25, -0.2) is 8.78 Å². The first kappa shape index (κ1) is 24.3. The van der Waals surface area contributed by atoms with Crippen molar-refractivity contribution in [3.05, 3.63) is 101 Å². The number of hydrogen-bond acceptors (Lipinski definition) is 4. The predicted molar refractivity (Wildman–Crippen MR) is 129 cm³/mol. The van der Waals surface area contributed by atoms with Crippen LogP contribution in [0.2, 0.25) is 0 Å². The Hall–Kier alpha value is -3.78. The van der Waals surface area contributed by atoms with Crippen LogP contribution in [-0.4, -0.2) is 42.3 Å². The fourth-order valence-corrected chi connectivity index (χ4v) is 4.57. The number of amides is 2. The van der Waals surface area contributed by atoms with E-state index in [4.69, 9.17) is 0 Å². The highest BCUT2D eigenvalue weighted by Gasteiger charge is 2.41. The Bertz CT molecular complexity index is 1200. The van der Waals surface area contributed by atoms with E-state index in [0.29, 0.717) is 0 Å². The molecule has 1 aliphatic rings. The average molecular weight is 480 g/mol. The molecule has 3 aromatic rings. The van der Waals surface area contributed by atoms with Crippen LogP contribution in [-0.2, 0) is 16.0 Å². The zero-order valence-corrected chi connectivity index (χ0v) is 19.4. The number of carbonyl (C=O) groups is 2. The first-order chi connectivity index (χ1) is 16.7. The number of hydrogen-bond donors (Lipinski definition) is 3. The van der Waals surface area contributed by atoms with Gasteiger partial charge in [0.1, 0.15) is 23.9 Å². The number of fused-ring (bicyclic) bond motifs is 1. The van der Waals surface area contributed by atoms with E-state index in [-0.39, 0.29) is 17.9 Å². The summed E-state index contributed by atoms with van der Waals surface area (Å²) in [5, 5.41) is 16.6. The van der Waals surface area contributed by atoms with E-state index in [1.807, 2.05) is 54.6 Å². The molecule has 0 saturated heterocycles. The van der Waals surface area contributed by atoms with Crippen molar-refractivity contribution in [1.82, 2.24) is 10.6 Å². The van der Waals surface area contributed by atoms with Gasteiger partial charge in [0.2, 0.25) is 11.8 Å². The molecule has 6 nitrogen and oxygen atoms in total. The quantitative estimate of drug-likeness (QED) is 0.508. The molecule has 4 atom stereocenters. The Morgan fingerprint density at radius 2 is 1.63 bits per heavy atom. The molecule has 1 unspecified atom stereocenters. The second-order valence-electron chi connectivity index (χ2n) is 8.75. The standard InChI is InChI=1S/C27H27F2N3O3/c1-16(30-23(33)14-17-12-19(28)15-20(29)13-17)26(34)31-25-24(18-8-4-3-5-9-18)21-10-6-7-11-22(21)32(2)27(25)35/h3-13,15-16,24-25,27,35H,14H2,1-2H3,(H,30,33)(H,31,34)/t16-,24?,25+,27-/m0/s1. The maximum atomic E-state index is 13.4. The van der Waals surface area contributed by atoms with Crippen LogP contribution in [0.3, 0.4) is 0 Å². The lowest BCUT2D eigenvalue weighted by Crippen LogP contribution is -2.59. The van der Waals surface area contributed by atoms with E-state index in [9.17, 15) is 23.5 Å². The Balaban J connectivity index is 1.52. The van der Waals surface area contributed by atoms with Crippen molar-refractivity contribution in [2.45, 2.75) is 37.6 Å². The summed E-state index contributed by atoms with van der Waals surface area (Å²) in [6, 6.07) is 18.5. The molecule has 35 heavy (non-hydrogen) atoms. The fraction of sp³-hybridized carbons (Fsp3) is 0.259. The van der Waals surface area contributed by atoms with E-state index in [2.05, 4.69) is 10.6 Å². The average Bonchev–Trinajstić information content (AvgIpc) is 2.82. The molecule has 1 heterocycles. The molecule has 4 rings (SSSR count). The molecule has 3 N–H and O–H groups in total. The van der Waals surface area contributed by atoms with Gasteiger partial charge >= 0.3 is 0 Å². The minimum atomic E-state index is -1.02. The SMILES string of the molecule is C[C@H](NC(=O)Cc1cc(F)cc(F)c1)C(=O)N[C@@H]1C(c2ccccc2)c2ccccc2N(C)[C@H]1O. The number of aliphatic hydroxyl groups excluding tert-OH is 1. The molecule has 0 bridgehead atoms. The first-order valence-electron chi connectivity index (χ1n) is 11.3. The summed E-state index contributed by atoms with van der Waals surface area (Å²) >= 11 is 0. The number of anilines is 1. The molecule has 182 valence electrons. The van der Waals surface area contributed by atoms with Crippen LogP contribution < -0.4 is 15.5 Å². The normalized spacial score (nSPS) is 20.0. The van der Waals surface area contributed by atoms with Crippen LogP contribution in [0.4, 0.5) is 14.5 Å². The van der Waals surface area contributed by atoms with Crippen LogP contribution in [0, 0.1) is 11.6 Å². The molecule has 0 aromatic heterocycles. The molecule has 0 fully saturated rings. The van der Waals surface area contributed by atoms with Crippen molar-refractivity contribution in [3.8, 4) is 0 Å². The molecule has 2 amide bonds. The van der Waals surface area contributed by atoms with E-state index in [1.165, 1.54) is 6.92 Å². The summed E-state index contributed by atoms with van der Waals surface area (Å²) < 4.78 is 26.8. The molecule has 0 radical (unpaired) electrons. The first-order valence-corrected chi connectivity index (χ1v) is 11.3. The van der Waals surface area contributed by atoms with Gasteiger partial charge in [-0.05, 0) is 41.8 Å². The lowest BCUT2D eigenvalue weighted by Gasteiger charge is -2.44. The molecule has 1 aliphatic heterocycles. The van der Waals surface area contributed by atoms with Gasteiger partial charge in [-0.1, -0.05) is 48.5 Å². The van der Waals surface area contributed by atoms with Crippen molar-refractivity contribution < 1.29 is 23.5 Å². The zero-order valence-electron chi connectivity index (χ0n) is 19.4. The summed E-state index contributed by atoms with van der Waals surface area (Å²) in [5.74, 6) is -2.91. The summed E-state index contributed by atoms with van der Waals surface area (Å²) in [4.78, 5) is 27.2. The molecule has 0 saturated carbocycles. The van der Waals surface area contributed by atoms with Crippen molar-refractivity contribution in [1.29, 1.82) is 0 Å². The summed E-state index contributed by atoms with van der Waals surface area (Å²) in [7, 11) is 1.76. The highest BCUT2D eigenvalue weighted by molar-refractivity contribution is 5.88. The van der Waals surface area contributed by atoms with Gasteiger partial charge in [-0.2, -0.15) is 0 Å². The van der Waals surface area contributed by atoms with E-state index >= 15 is 0 Å². The van der Waals surface area contributed by atoms with Gasteiger partial charge in [0.25, 0.3) is 0 Å². The molecule has 0 aliphatic carbocycles. The van der Waals surface area contributed by atoms with E-state index < -0.39 is 41.8 Å². The smallest absolute Gasteiger partial charge is 0.242 e. The number of para-hydroxylation sites is 1. The number of likely N-dealkylation sites (N-methyl/N-ethyl adjacent to an activating group) is 1. The number of nitrogens with zero attached hydrogens (tertiary/aromatic N) is 1. The van der Waals surface area contributed by atoms with Crippen LogP contribution in [0.15, 0.2) is 72.8 Å². The van der Waals surface area contributed by atoms with Crippen LogP contribution in [0.1, 0.15) is 29.5 Å². The summed E-state index contributed by atoms with van der Waals surface area (Å²) in [5.41, 5.74) is 2.92. The van der Waals surface area contributed by atoms with Crippen LogP contribution in [0.25, 0.3) is 0 Å². The lowest BCUT2D eigenvalue weighted by atomic mass is 9.80. The second kappa shape index (κ2) is 10.2. The number of benzene rings is 3. The Morgan fingerprint density at radius 1 is 1.00 bits per heavy atom. The third-order valence-corrected chi connectivity index (χ3v) is 6.25. The third-order valence-electron chi connectivity index (χ3n) is 6.25. The van der Waals surface area contributed by atoms with E-state index in [1.54, 1.807) is 11.9 Å². The summed E-state index contributed by atoms with van der Waals surface area (Å²) in [6.45, 7) is 1.52. The molecule has 8 heteroatoms. The van der Waals surface area contributed by atoms with Crippen molar-refractivity contribution in [2.24, 2.45) is 0 Å². The van der Waals surface area contributed by atoms with E-state index in [0.717, 1.165) is 35.0 Å². The van der Waals surface area contributed by atoms with Gasteiger partial charge in [0.05, 0.1) is 12.5 Å². The van der Waals surface area contributed by atoms with Gasteiger partial charge in [0.15, 0.2) is 0 Å². The number of carbonyl (C=O) groups excluding carboxylic acids is 2. The summed E-state index contributed by atoms with van der Waals surface area (Å²) in [6.07, 6.45) is -1.29. The molecular weight excluding hydrogens is 452 g/mol. The lowest BCUT2D eigenvalue weighted by molar-refractivity contribution is -0.129. The van der Waals surface area contributed by atoms with Gasteiger partial charge < -0.3 is 20.6 Å². The molecule has 3 aromatic carbocycles. The van der Waals surface area contributed by atoms with Crippen LogP contribution in [0.5, 0.6) is 0 Å². The van der Waals surface area contributed by atoms with Gasteiger partial charge in [0, 0.05) is 24.7 Å². The van der Waals surface area contributed by atoms with Crippen LogP contribution >= 0.6 is 0 Å². The number of rotatable bonds is 6. The van der Waals surface area contributed by atoms with Gasteiger partial charge in [-0.3, -0.25) is 9.59 Å². The topological polar surface area (TPSA) is 81.7 Å². The monoisotopic (exact) mass is 479 g/mol. The maximum absolute atomic E-state index is 13.4. The number of halogens is 2. The fourth-order valence-electron chi connectivity index (χ4n) is 4.57. The third kappa shape index (κ3) is 5.33. The number of nitrogens with one attached hydrogen (secondary N) is 2. The Kier molecular flexibility index (Phi) is 7.12. The predicted octanol–water partition coefficient (Wildman–Crippen LogP) is 3.10. The molecular formula is C27H27F2N3O3. The largest absolute Gasteiger partial charge is 0.371 e. The van der Waals surface area contributed by atoms with Crippen molar-refractivity contribution >= 4 is 17.5 Å². The number of aliphatic hydroxyl groups is 1.